The van der Waals surface area contributed by atoms with Crippen LogP contribution in [0.5, 0.6) is 0 Å². The van der Waals surface area contributed by atoms with Crippen LogP contribution in [0.25, 0.3) is 0 Å². The number of halogens is 3. The Hall–Kier alpha value is -1.03. The molecule has 1 saturated carbocycles. The number of rotatable bonds is 2. The molecule has 1 aromatic carbocycles. The van der Waals surface area contributed by atoms with Crippen molar-refractivity contribution in [1.29, 1.82) is 0 Å². The zero-order chi connectivity index (χ0) is 10.4. The van der Waals surface area contributed by atoms with Crippen LogP contribution in [-0.2, 0) is 5.41 Å². The van der Waals surface area contributed by atoms with E-state index < -0.39 is 30.2 Å². The smallest absolute Gasteiger partial charge is 0.261 e. The summed E-state index contributed by atoms with van der Waals surface area (Å²) in [5.74, 6) is -3.46. The molecule has 0 radical (unpaired) electrons. The van der Waals surface area contributed by atoms with Gasteiger partial charge < -0.3 is 5.11 Å². The van der Waals surface area contributed by atoms with Gasteiger partial charge >= 0.3 is 0 Å². The summed E-state index contributed by atoms with van der Waals surface area (Å²) < 4.78 is 38.8. The highest BCUT2D eigenvalue weighted by atomic mass is 19.3. The second-order valence-corrected chi connectivity index (χ2v) is 3.63. The standard InChI is InChI=1S/C10H9F3O/c11-8-3-1-2-7(4-8)9(6-14)5-10(9,12)13/h1-4,14H,5-6H2. The maximum Gasteiger partial charge on any atom is 0.261 e. The summed E-state index contributed by atoms with van der Waals surface area (Å²) in [6.45, 7) is -0.649. The van der Waals surface area contributed by atoms with Gasteiger partial charge in [0.25, 0.3) is 5.92 Å². The first-order valence-electron chi connectivity index (χ1n) is 4.27. The molecule has 0 aliphatic heterocycles. The third-order valence-electron chi connectivity index (χ3n) is 2.75. The van der Waals surface area contributed by atoms with Gasteiger partial charge in [-0.3, -0.25) is 0 Å². The number of hydrogen-bond donors (Lipinski definition) is 1. The topological polar surface area (TPSA) is 20.2 Å². The van der Waals surface area contributed by atoms with Gasteiger partial charge in [0.15, 0.2) is 0 Å². The maximum atomic E-state index is 13.0. The number of aliphatic hydroxyl groups is 1. The molecular formula is C10H9F3O. The molecular weight excluding hydrogens is 193 g/mol. The van der Waals surface area contributed by atoms with Gasteiger partial charge in [-0.15, -0.1) is 0 Å². The fourth-order valence-corrected chi connectivity index (χ4v) is 1.70. The molecule has 1 unspecified atom stereocenters. The van der Waals surface area contributed by atoms with Crippen molar-refractivity contribution in [2.45, 2.75) is 17.8 Å². The quantitative estimate of drug-likeness (QED) is 0.778. The average Bonchev–Trinajstić information content (AvgIpc) is 2.70. The van der Waals surface area contributed by atoms with E-state index in [4.69, 9.17) is 5.11 Å². The van der Waals surface area contributed by atoms with Crippen molar-refractivity contribution in [2.75, 3.05) is 6.61 Å². The first kappa shape index (κ1) is 9.52. The molecule has 0 bridgehead atoms. The van der Waals surface area contributed by atoms with Crippen molar-refractivity contribution in [1.82, 2.24) is 0 Å². The maximum absolute atomic E-state index is 13.0. The Morgan fingerprint density at radius 1 is 1.36 bits per heavy atom. The molecule has 1 aliphatic carbocycles. The van der Waals surface area contributed by atoms with E-state index in [2.05, 4.69) is 0 Å². The molecule has 0 aromatic heterocycles. The molecule has 14 heavy (non-hydrogen) atoms. The Morgan fingerprint density at radius 3 is 2.43 bits per heavy atom. The van der Waals surface area contributed by atoms with Crippen LogP contribution in [0.1, 0.15) is 12.0 Å². The molecule has 0 spiro atoms. The van der Waals surface area contributed by atoms with E-state index in [1.807, 2.05) is 0 Å². The Balaban J connectivity index is 2.40. The lowest BCUT2D eigenvalue weighted by atomic mass is 9.96. The summed E-state index contributed by atoms with van der Waals surface area (Å²) in [7, 11) is 0. The summed E-state index contributed by atoms with van der Waals surface area (Å²) >= 11 is 0. The van der Waals surface area contributed by atoms with Crippen LogP contribution in [0.15, 0.2) is 24.3 Å². The summed E-state index contributed by atoms with van der Waals surface area (Å²) in [5.41, 5.74) is -1.38. The third kappa shape index (κ3) is 1.14. The van der Waals surface area contributed by atoms with Gasteiger partial charge in [-0.25, -0.2) is 13.2 Å². The highest BCUT2D eigenvalue weighted by Crippen LogP contribution is 2.61. The lowest BCUT2D eigenvalue weighted by molar-refractivity contribution is 0.0673. The monoisotopic (exact) mass is 202 g/mol. The van der Waals surface area contributed by atoms with Crippen molar-refractivity contribution in [3.05, 3.63) is 35.6 Å². The molecule has 1 aliphatic rings. The van der Waals surface area contributed by atoms with E-state index in [0.29, 0.717) is 0 Å². The fourth-order valence-electron chi connectivity index (χ4n) is 1.70. The second-order valence-electron chi connectivity index (χ2n) is 3.63. The van der Waals surface area contributed by atoms with Crippen LogP contribution in [-0.4, -0.2) is 17.6 Å². The van der Waals surface area contributed by atoms with Crippen LogP contribution in [0.2, 0.25) is 0 Å². The molecule has 1 atom stereocenters. The lowest BCUT2D eigenvalue weighted by Crippen LogP contribution is -2.21. The van der Waals surface area contributed by atoms with Crippen LogP contribution in [0.3, 0.4) is 0 Å². The highest BCUT2D eigenvalue weighted by Gasteiger charge is 2.71. The van der Waals surface area contributed by atoms with Crippen LogP contribution >= 0.6 is 0 Å². The van der Waals surface area contributed by atoms with E-state index in [1.165, 1.54) is 18.2 Å². The molecule has 1 fully saturated rings. The molecule has 1 N–H and O–H groups in total. The molecule has 76 valence electrons. The molecule has 0 saturated heterocycles. The summed E-state index contributed by atoms with van der Waals surface area (Å²) in [6, 6.07) is 5.03. The minimum Gasteiger partial charge on any atom is -0.395 e. The SMILES string of the molecule is OCC1(c2cccc(F)c2)CC1(F)F. The average molecular weight is 202 g/mol. The molecule has 1 aromatic rings. The molecule has 0 heterocycles. The molecule has 4 heteroatoms. The van der Waals surface area contributed by atoms with E-state index >= 15 is 0 Å². The van der Waals surface area contributed by atoms with Crippen LogP contribution < -0.4 is 0 Å². The molecule has 1 nitrogen and oxygen atoms in total. The number of alkyl halides is 2. The predicted octanol–water partition coefficient (Wildman–Crippen LogP) is 2.09. The summed E-state index contributed by atoms with van der Waals surface area (Å²) in [5, 5.41) is 8.93. The third-order valence-corrected chi connectivity index (χ3v) is 2.75. The fraction of sp³-hybridized carbons (Fsp3) is 0.400. The Kier molecular flexibility index (Phi) is 1.86. The van der Waals surface area contributed by atoms with Crippen LogP contribution in [0.4, 0.5) is 13.2 Å². The Morgan fingerprint density at radius 2 is 2.00 bits per heavy atom. The van der Waals surface area contributed by atoms with Crippen LogP contribution in [0, 0.1) is 5.82 Å². The van der Waals surface area contributed by atoms with Crippen molar-refractivity contribution in [3.63, 3.8) is 0 Å². The van der Waals surface area contributed by atoms with Crippen molar-refractivity contribution in [2.24, 2.45) is 0 Å². The van der Waals surface area contributed by atoms with Crippen molar-refractivity contribution < 1.29 is 18.3 Å². The van der Waals surface area contributed by atoms with Gasteiger partial charge in [0, 0.05) is 6.42 Å². The Labute approximate surface area is 79.2 Å². The van der Waals surface area contributed by atoms with Gasteiger partial charge in [-0.05, 0) is 17.7 Å². The van der Waals surface area contributed by atoms with Gasteiger partial charge in [0.2, 0.25) is 0 Å². The van der Waals surface area contributed by atoms with Crippen molar-refractivity contribution >= 4 is 0 Å². The normalized spacial score (nSPS) is 28.9. The van der Waals surface area contributed by atoms with E-state index in [0.717, 1.165) is 6.07 Å². The zero-order valence-corrected chi connectivity index (χ0v) is 7.30. The minimum atomic E-state index is -2.91. The highest BCUT2D eigenvalue weighted by molar-refractivity contribution is 5.38. The van der Waals surface area contributed by atoms with Gasteiger partial charge in [-0.2, -0.15) is 0 Å². The summed E-state index contributed by atoms with van der Waals surface area (Å²) in [4.78, 5) is 0. The molecule has 0 amide bonds. The predicted molar refractivity (Wildman–Crippen MR) is 44.7 cm³/mol. The summed E-state index contributed by atoms with van der Waals surface area (Å²) in [6.07, 6.45) is -0.403. The van der Waals surface area contributed by atoms with E-state index in [9.17, 15) is 13.2 Å². The van der Waals surface area contributed by atoms with Crippen molar-refractivity contribution in [3.8, 4) is 0 Å². The number of aliphatic hydroxyl groups excluding tert-OH is 1. The van der Waals surface area contributed by atoms with Gasteiger partial charge in [0.1, 0.15) is 5.82 Å². The largest absolute Gasteiger partial charge is 0.395 e. The number of hydrogen-bond acceptors (Lipinski definition) is 1. The van der Waals surface area contributed by atoms with Gasteiger partial charge in [-0.1, -0.05) is 12.1 Å². The number of benzene rings is 1. The second kappa shape index (κ2) is 2.73. The minimum absolute atomic E-state index is 0.171. The lowest BCUT2D eigenvalue weighted by Gasteiger charge is -2.13. The van der Waals surface area contributed by atoms with Gasteiger partial charge in [0.05, 0.1) is 12.0 Å². The van der Waals surface area contributed by atoms with E-state index in [-0.39, 0.29) is 5.56 Å². The zero-order valence-electron chi connectivity index (χ0n) is 7.30. The van der Waals surface area contributed by atoms with E-state index in [1.54, 1.807) is 0 Å². The Bertz CT molecular complexity index is 364. The first-order chi connectivity index (χ1) is 6.52. The first-order valence-corrected chi connectivity index (χ1v) is 4.27. The molecule has 2 rings (SSSR count).